The molecule has 4 rings (SSSR count). The third kappa shape index (κ3) is 3.16. The summed E-state index contributed by atoms with van der Waals surface area (Å²) in [6.45, 7) is 4.85. The minimum Gasteiger partial charge on any atom is -0.494 e. The normalized spacial score (nSPS) is 17.0. The number of ether oxygens (including phenoxy) is 1. The van der Waals surface area contributed by atoms with Gasteiger partial charge in [-0.3, -0.25) is 0 Å². The Morgan fingerprint density at radius 1 is 1.22 bits per heavy atom. The predicted molar refractivity (Wildman–Crippen MR) is 91.0 cm³/mol. The summed E-state index contributed by atoms with van der Waals surface area (Å²) in [6, 6.07) is 8.54. The summed E-state index contributed by atoms with van der Waals surface area (Å²) in [5, 5.41) is 0. The van der Waals surface area contributed by atoms with Crippen molar-refractivity contribution in [3.05, 3.63) is 47.4 Å². The van der Waals surface area contributed by atoms with Crippen molar-refractivity contribution in [2.45, 2.75) is 45.1 Å². The first-order valence-corrected chi connectivity index (χ1v) is 8.66. The van der Waals surface area contributed by atoms with Crippen LogP contribution in [0.2, 0.25) is 0 Å². The second-order valence-corrected chi connectivity index (χ2v) is 6.50. The molecule has 0 saturated heterocycles. The molecule has 2 heterocycles. The minimum absolute atomic E-state index is 0.602. The van der Waals surface area contributed by atoms with Crippen LogP contribution in [0.25, 0.3) is 0 Å². The second-order valence-electron chi connectivity index (χ2n) is 6.50. The summed E-state index contributed by atoms with van der Waals surface area (Å²) < 4.78 is 5.75. The van der Waals surface area contributed by atoms with E-state index < -0.39 is 0 Å². The smallest absolute Gasteiger partial charge is 0.133 e. The number of aromatic nitrogens is 2. The van der Waals surface area contributed by atoms with E-state index in [2.05, 4.69) is 35.0 Å². The first-order chi connectivity index (χ1) is 11.3. The van der Waals surface area contributed by atoms with Crippen molar-refractivity contribution in [2.75, 3.05) is 18.1 Å². The van der Waals surface area contributed by atoms with E-state index in [0.717, 1.165) is 49.9 Å². The van der Waals surface area contributed by atoms with E-state index in [-0.39, 0.29) is 0 Å². The molecule has 1 aliphatic heterocycles. The molecule has 0 unspecified atom stereocenters. The van der Waals surface area contributed by atoms with E-state index in [4.69, 9.17) is 9.72 Å². The van der Waals surface area contributed by atoms with Gasteiger partial charge in [0.15, 0.2) is 0 Å². The fourth-order valence-corrected chi connectivity index (χ4v) is 3.11. The molecule has 1 aromatic heterocycles. The lowest BCUT2D eigenvalue weighted by Gasteiger charge is -2.30. The molecular weight excluding hydrogens is 286 g/mol. The van der Waals surface area contributed by atoms with E-state index in [1.165, 1.54) is 24.0 Å². The summed E-state index contributed by atoms with van der Waals surface area (Å²) in [5.74, 6) is 3.69. The standard InChI is InChI=1S/C19H23N3O/c1-2-11-23-17-6-5-16-13-22(10-8-15(16)12-17)18-7-9-20-19(21-18)14-3-4-14/h5-7,9,12,14H,2-4,8,10-11,13H2,1H3. The summed E-state index contributed by atoms with van der Waals surface area (Å²) in [7, 11) is 0. The highest BCUT2D eigenvalue weighted by molar-refractivity contribution is 5.46. The van der Waals surface area contributed by atoms with Crippen LogP contribution < -0.4 is 9.64 Å². The minimum atomic E-state index is 0.602. The second kappa shape index (κ2) is 6.19. The van der Waals surface area contributed by atoms with Crippen LogP contribution in [0.5, 0.6) is 5.75 Å². The summed E-state index contributed by atoms with van der Waals surface area (Å²) in [5.41, 5.74) is 2.79. The van der Waals surface area contributed by atoms with Crippen LogP contribution in [0.3, 0.4) is 0 Å². The van der Waals surface area contributed by atoms with Gasteiger partial charge in [0.1, 0.15) is 17.4 Å². The molecule has 1 saturated carbocycles. The number of fused-ring (bicyclic) bond motifs is 1. The van der Waals surface area contributed by atoms with Gasteiger partial charge in [-0.25, -0.2) is 9.97 Å². The summed E-state index contributed by atoms with van der Waals surface area (Å²) in [4.78, 5) is 11.6. The number of rotatable bonds is 5. The number of nitrogens with zero attached hydrogens (tertiary/aromatic N) is 3. The van der Waals surface area contributed by atoms with Crippen molar-refractivity contribution < 1.29 is 4.74 Å². The van der Waals surface area contributed by atoms with Gasteiger partial charge in [0.05, 0.1) is 6.61 Å². The molecule has 1 aromatic carbocycles. The quantitative estimate of drug-likeness (QED) is 0.844. The lowest BCUT2D eigenvalue weighted by molar-refractivity contribution is 0.317. The molecule has 2 aliphatic rings. The molecule has 0 amide bonds. The average molecular weight is 309 g/mol. The number of hydrogen-bond acceptors (Lipinski definition) is 4. The lowest BCUT2D eigenvalue weighted by Crippen LogP contribution is -2.31. The highest BCUT2D eigenvalue weighted by Gasteiger charge is 2.27. The first kappa shape index (κ1) is 14.5. The van der Waals surface area contributed by atoms with Crippen LogP contribution in [0, 0.1) is 0 Å². The van der Waals surface area contributed by atoms with Gasteiger partial charge in [-0.2, -0.15) is 0 Å². The van der Waals surface area contributed by atoms with Crippen molar-refractivity contribution in [1.82, 2.24) is 9.97 Å². The molecule has 1 fully saturated rings. The highest BCUT2D eigenvalue weighted by atomic mass is 16.5. The maximum absolute atomic E-state index is 5.75. The zero-order valence-corrected chi connectivity index (χ0v) is 13.7. The van der Waals surface area contributed by atoms with Gasteiger partial charge < -0.3 is 9.64 Å². The van der Waals surface area contributed by atoms with E-state index in [1.54, 1.807) is 0 Å². The zero-order chi connectivity index (χ0) is 15.6. The van der Waals surface area contributed by atoms with Gasteiger partial charge in [0.2, 0.25) is 0 Å². The van der Waals surface area contributed by atoms with Crippen LogP contribution in [-0.2, 0) is 13.0 Å². The van der Waals surface area contributed by atoms with E-state index in [0.29, 0.717) is 5.92 Å². The third-order valence-electron chi connectivity index (χ3n) is 4.59. The Hall–Kier alpha value is -2.10. The van der Waals surface area contributed by atoms with Crippen molar-refractivity contribution in [3.63, 3.8) is 0 Å². The average Bonchev–Trinajstić information content (AvgIpc) is 3.44. The van der Waals surface area contributed by atoms with Crippen LogP contribution >= 0.6 is 0 Å². The Morgan fingerprint density at radius 3 is 2.96 bits per heavy atom. The first-order valence-electron chi connectivity index (χ1n) is 8.66. The molecule has 0 spiro atoms. The van der Waals surface area contributed by atoms with Gasteiger partial charge in [-0.1, -0.05) is 13.0 Å². The molecule has 0 atom stereocenters. The van der Waals surface area contributed by atoms with Crippen molar-refractivity contribution >= 4 is 5.82 Å². The molecule has 120 valence electrons. The molecule has 4 heteroatoms. The predicted octanol–water partition coefficient (Wildman–Crippen LogP) is 3.71. The number of anilines is 1. The highest BCUT2D eigenvalue weighted by Crippen LogP contribution is 2.38. The summed E-state index contributed by atoms with van der Waals surface area (Å²) in [6.07, 6.45) is 6.48. The van der Waals surface area contributed by atoms with Gasteiger partial charge in [-0.05, 0) is 55.0 Å². The van der Waals surface area contributed by atoms with Crippen LogP contribution in [-0.4, -0.2) is 23.1 Å². The lowest BCUT2D eigenvalue weighted by atomic mass is 9.99. The van der Waals surface area contributed by atoms with Gasteiger partial charge in [0.25, 0.3) is 0 Å². The fraction of sp³-hybridized carbons (Fsp3) is 0.474. The molecule has 2 aromatic rings. The Labute approximate surface area is 137 Å². The number of hydrogen-bond donors (Lipinski definition) is 0. The fourth-order valence-electron chi connectivity index (χ4n) is 3.11. The Bertz CT molecular complexity index is 697. The van der Waals surface area contributed by atoms with E-state index in [9.17, 15) is 0 Å². The van der Waals surface area contributed by atoms with E-state index in [1.807, 2.05) is 12.3 Å². The molecule has 0 radical (unpaired) electrons. The van der Waals surface area contributed by atoms with E-state index >= 15 is 0 Å². The molecule has 0 N–H and O–H groups in total. The number of benzene rings is 1. The van der Waals surface area contributed by atoms with Gasteiger partial charge in [-0.15, -0.1) is 0 Å². The Morgan fingerprint density at radius 2 is 2.13 bits per heavy atom. The third-order valence-corrected chi connectivity index (χ3v) is 4.59. The monoisotopic (exact) mass is 309 g/mol. The van der Waals surface area contributed by atoms with Gasteiger partial charge in [0, 0.05) is 25.2 Å². The van der Waals surface area contributed by atoms with Crippen molar-refractivity contribution in [1.29, 1.82) is 0 Å². The molecular formula is C19H23N3O. The maximum atomic E-state index is 5.75. The van der Waals surface area contributed by atoms with Gasteiger partial charge >= 0.3 is 0 Å². The SMILES string of the molecule is CCCOc1ccc2c(c1)CCN(c1ccnc(C3CC3)n1)C2. The van der Waals surface area contributed by atoms with Crippen LogP contribution in [0.4, 0.5) is 5.82 Å². The largest absolute Gasteiger partial charge is 0.494 e. The maximum Gasteiger partial charge on any atom is 0.133 e. The zero-order valence-electron chi connectivity index (χ0n) is 13.7. The topological polar surface area (TPSA) is 38.2 Å². The molecule has 4 nitrogen and oxygen atoms in total. The van der Waals surface area contributed by atoms with Crippen molar-refractivity contribution in [3.8, 4) is 5.75 Å². The van der Waals surface area contributed by atoms with Crippen LogP contribution in [0.1, 0.15) is 49.1 Å². The molecule has 1 aliphatic carbocycles. The van der Waals surface area contributed by atoms with Crippen molar-refractivity contribution in [2.24, 2.45) is 0 Å². The summed E-state index contributed by atoms with van der Waals surface area (Å²) >= 11 is 0. The Kier molecular flexibility index (Phi) is 3.90. The van der Waals surface area contributed by atoms with Crippen LogP contribution in [0.15, 0.2) is 30.5 Å². The molecule has 23 heavy (non-hydrogen) atoms. The molecule has 0 bridgehead atoms. The Balaban J connectivity index is 1.51.